The summed E-state index contributed by atoms with van der Waals surface area (Å²) in [5.74, 6) is -1.38. The van der Waals surface area contributed by atoms with E-state index < -0.39 is 17.5 Å². The summed E-state index contributed by atoms with van der Waals surface area (Å²) in [6.07, 6.45) is 0.869. The van der Waals surface area contributed by atoms with Gasteiger partial charge in [-0.05, 0) is 73.0 Å². The van der Waals surface area contributed by atoms with Crippen LogP contribution in [-0.2, 0) is 6.54 Å². The maximum absolute atomic E-state index is 13.2. The number of benzene rings is 2. The van der Waals surface area contributed by atoms with Crippen molar-refractivity contribution in [3.63, 3.8) is 0 Å². The fourth-order valence-electron chi connectivity index (χ4n) is 4.78. The van der Waals surface area contributed by atoms with Gasteiger partial charge in [0.05, 0.1) is 0 Å². The maximum atomic E-state index is 13.2. The Morgan fingerprint density at radius 2 is 1.45 bits per heavy atom. The van der Waals surface area contributed by atoms with Crippen LogP contribution in [0.1, 0.15) is 38.7 Å². The summed E-state index contributed by atoms with van der Waals surface area (Å²) in [5.41, 5.74) is 1.38. The van der Waals surface area contributed by atoms with E-state index >= 15 is 0 Å². The summed E-state index contributed by atoms with van der Waals surface area (Å²) in [6.45, 7) is 1.41. The number of pyridine rings is 1. The first-order valence-corrected chi connectivity index (χ1v) is 10.7. The normalized spacial score (nSPS) is 19.0. The van der Waals surface area contributed by atoms with Crippen LogP contribution in [0.5, 0.6) is 0 Å². The number of hydrogen-bond donors (Lipinski definition) is 1. The molecule has 168 valence electrons. The maximum Gasteiger partial charge on any atom is 0.274 e. The highest BCUT2D eigenvalue weighted by molar-refractivity contribution is 6.04. The van der Waals surface area contributed by atoms with Gasteiger partial charge in [-0.25, -0.2) is 8.78 Å². The number of hydrogen-bond acceptors (Lipinski definition) is 3. The van der Waals surface area contributed by atoms with E-state index in [-0.39, 0.29) is 34.6 Å². The van der Waals surface area contributed by atoms with E-state index in [9.17, 15) is 23.2 Å². The summed E-state index contributed by atoms with van der Waals surface area (Å²) in [7, 11) is 0. The zero-order valence-electron chi connectivity index (χ0n) is 17.6. The average Bonchev–Trinajstić information content (AvgIpc) is 2.81. The lowest BCUT2D eigenvalue weighted by Crippen LogP contribution is -2.49. The number of nitrogens with one attached hydrogen (secondary N) is 1. The molecule has 1 N–H and O–H groups in total. The van der Waals surface area contributed by atoms with Gasteiger partial charge in [0.15, 0.2) is 0 Å². The first-order chi connectivity index (χ1) is 15.9. The third-order valence-corrected chi connectivity index (χ3v) is 6.34. The fourth-order valence-corrected chi connectivity index (χ4v) is 4.78. The Labute approximate surface area is 188 Å². The molecule has 2 aromatic carbocycles. The third kappa shape index (κ3) is 4.04. The lowest BCUT2D eigenvalue weighted by molar-refractivity contribution is 0.0594. The number of aromatic nitrogens is 1. The predicted octanol–water partition coefficient (Wildman–Crippen LogP) is 3.64. The second-order valence-electron chi connectivity index (χ2n) is 8.56. The molecule has 3 heterocycles. The molecule has 1 fully saturated rings. The van der Waals surface area contributed by atoms with E-state index in [0.29, 0.717) is 25.2 Å². The molecule has 5 rings (SSSR count). The second kappa shape index (κ2) is 8.27. The molecular formula is C25H21F2N3O3. The first-order valence-electron chi connectivity index (χ1n) is 10.7. The quantitative estimate of drug-likeness (QED) is 0.664. The molecule has 2 aliphatic heterocycles. The van der Waals surface area contributed by atoms with E-state index in [4.69, 9.17) is 0 Å². The van der Waals surface area contributed by atoms with Crippen molar-refractivity contribution in [2.24, 2.45) is 5.92 Å². The molecule has 2 bridgehead atoms. The van der Waals surface area contributed by atoms with Gasteiger partial charge in [0.1, 0.15) is 17.3 Å². The number of carbonyl (C=O) groups excluding carboxylic acids is 2. The molecule has 2 amide bonds. The van der Waals surface area contributed by atoms with E-state index in [2.05, 4.69) is 5.32 Å². The van der Waals surface area contributed by atoms with Crippen molar-refractivity contribution in [1.29, 1.82) is 0 Å². The SMILES string of the molecule is O=C(Nc1ccc2n(c1=O)C[C@@H]1C[C@@H]2CN(C(=O)c2ccc(F)cc2)C1)c1ccc(F)cc1. The van der Waals surface area contributed by atoms with Gasteiger partial charge in [0, 0.05) is 42.4 Å². The van der Waals surface area contributed by atoms with Crippen LogP contribution in [0.25, 0.3) is 0 Å². The second-order valence-corrected chi connectivity index (χ2v) is 8.56. The minimum atomic E-state index is -0.486. The molecule has 0 unspecified atom stereocenters. The summed E-state index contributed by atoms with van der Waals surface area (Å²) >= 11 is 0. The number of nitrogens with zero attached hydrogens (tertiary/aromatic N) is 2. The molecule has 2 aliphatic rings. The highest BCUT2D eigenvalue weighted by Gasteiger charge is 2.37. The van der Waals surface area contributed by atoms with E-state index in [1.807, 2.05) is 6.07 Å². The number of rotatable bonds is 3. The minimum Gasteiger partial charge on any atom is -0.338 e. The number of halogens is 2. The van der Waals surface area contributed by atoms with Crippen LogP contribution in [0.2, 0.25) is 0 Å². The Hall–Kier alpha value is -3.81. The van der Waals surface area contributed by atoms with Crippen LogP contribution in [0, 0.1) is 17.6 Å². The Morgan fingerprint density at radius 1 is 0.818 bits per heavy atom. The topological polar surface area (TPSA) is 71.4 Å². The predicted molar refractivity (Wildman–Crippen MR) is 118 cm³/mol. The van der Waals surface area contributed by atoms with Gasteiger partial charge in [-0.3, -0.25) is 14.4 Å². The summed E-state index contributed by atoms with van der Waals surface area (Å²) < 4.78 is 28.0. The number of anilines is 1. The number of piperidine rings is 1. The van der Waals surface area contributed by atoms with Gasteiger partial charge in [-0.15, -0.1) is 0 Å². The summed E-state index contributed by atoms with van der Waals surface area (Å²) in [5, 5.41) is 2.62. The van der Waals surface area contributed by atoms with Gasteiger partial charge in [0.25, 0.3) is 17.4 Å². The van der Waals surface area contributed by atoms with Crippen molar-refractivity contribution >= 4 is 17.5 Å². The highest BCUT2D eigenvalue weighted by atomic mass is 19.1. The Bertz CT molecular complexity index is 1290. The zero-order valence-corrected chi connectivity index (χ0v) is 17.6. The van der Waals surface area contributed by atoms with Crippen LogP contribution >= 0.6 is 0 Å². The van der Waals surface area contributed by atoms with Crippen molar-refractivity contribution < 1.29 is 18.4 Å². The van der Waals surface area contributed by atoms with Crippen molar-refractivity contribution in [3.05, 3.63) is 99.5 Å². The fraction of sp³-hybridized carbons (Fsp3) is 0.240. The van der Waals surface area contributed by atoms with Gasteiger partial charge in [-0.2, -0.15) is 0 Å². The average molecular weight is 449 g/mol. The van der Waals surface area contributed by atoms with Crippen LogP contribution < -0.4 is 10.9 Å². The zero-order chi connectivity index (χ0) is 23.1. The molecule has 0 radical (unpaired) electrons. The van der Waals surface area contributed by atoms with Crippen molar-refractivity contribution in [1.82, 2.24) is 9.47 Å². The molecular weight excluding hydrogens is 428 g/mol. The van der Waals surface area contributed by atoms with Crippen molar-refractivity contribution in [3.8, 4) is 0 Å². The van der Waals surface area contributed by atoms with Gasteiger partial charge in [0.2, 0.25) is 0 Å². The van der Waals surface area contributed by atoms with Crippen LogP contribution in [0.4, 0.5) is 14.5 Å². The number of likely N-dealkylation sites (tertiary alicyclic amines) is 1. The highest BCUT2D eigenvalue weighted by Crippen LogP contribution is 2.36. The number of fused-ring (bicyclic) bond motifs is 4. The lowest BCUT2D eigenvalue weighted by atomic mass is 9.83. The molecule has 33 heavy (non-hydrogen) atoms. The van der Waals surface area contributed by atoms with Crippen LogP contribution in [-0.4, -0.2) is 34.4 Å². The molecule has 2 atom stereocenters. The van der Waals surface area contributed by atoms with Crippen LogP contribution in [0.15, 0.2) is 65.5 Å². The van der Waals surface area contributed by atoms with Crippen molar-refractivity contribution in [2.45, 2.75) is 18.9 Å². The molecule has 0 saturated carbocycles. The largest absolute Gasteiger partial charge is 0.338 e. The van der Waals surface area contributed by atoms with Crippen LogP contribution in [0.3, 0.4) is 0 Å². The van der Waals surface area contributed by atoms with E-state index in [0.717, 1.165) is 12.1 Å². The third-order valence-electron chi connectivity index (χ3n) is 6.34. The molecule has 8 heteroatoms. The number of amides is 2. The lowest BCUT2D eigenvalue weighted by Gasteiger charge is -2.43. The van der Waals surface area contributed by atoms with Gasteiger partial charge in [-0.1, -0.05) is 0 Å². The molecule has 1 aromatic heterocycles. The molecule has 0 aliphatic carbocycles. The van der Waals surface area contributed by atoms with Crippen molar-refractivity contribution in [2.75, 3.05) is 18.4 Å². The molecule has 0 spiro atoms. The minimum absolute atomic E-state index is 0.00329. The summed E-state index contributed by atoms with van der Waals surface area (Å²) in [4.78, 5) is 40.3. The standard InChI is InChI=1S/C25H21F2N3O3/c26-19-5-1-16(2-6-19)23(31)28-21-9-10-22-18-11-15(13-30(22)25(21)33)12-29(14-18)24(32)17-3-7-20(27)8-4-17/h1-10,15,18H,11-14H2,(H,28,31)/t15-,18-/m1/s1. The molecule has 3 aromatic rings. The first kappa shape index (κ1) is 21.1. The monoisotopic (exact) mass is 449 g/mol. The molecule has 6 nitrogen and oxygen atoms in total. The van der Waals surface area contributed by atoms with Gasteiger partial charge < -0.3 is 14.8 Å². The Balaban J connectivity index is 1.36. The Morgan fingerprint density at radius 3 is 2.12 bits per heavy atom. The van der Waals surface area contributed by atoms with Gasteiger partial charge >= 0.3 is 0 Å². The Kier molecular flexibility index (Phi) is 5.28. The smallest absolute Gasteiger partial charge is 0.274 e. The number of carbonyl (C=O) groups is 2. The molecule has 1 saturated heterocycles. The summed E-state index contributed by atoms with van der Waals surface area (Å²) in [6, 6.07) is 14.0. The van der Waals surface area contributed by atoms with E-state index in [1.54, 1.807) is 15.5 Å². The van der Waals surface area contributed by atoms with E-state index in [1.165, 1.54) is 48.5 Å².